The fourth-order valence-corrected chi connectivity index (χ4v) is 3.92. The summed E-state index contributed by atoms with van der Waals surface area (Å²) < 4.78 is 2.42. The van der Waals surface area contributed by atoms with Gasteiger partial charge in [0.05, 0.1) is 0 Å². The quantitative estimate of drug-likeness (QED) is 0.688. The zero-order valence-corrected chi connectivity index (χ0v) is 12.9. The van der Waals surface area contributed by atoms with Crippen molar-refractivity contribution in [3.63, 3.8) is 0 Å². The number of hydrogen-bond donors (Lipinski definition) is 1. The number of benzene rings is 1. The number of fused-ring (bicyclic) bond motifs is 1. The smallest absolute Gasteiger partial charge is 0.0311 e. The molecule has 1 aromatic carbocycles. The first-order chi connectivity index (χ1) is 7.50. The highest BCUT2D eigenvalue weighted by molar-refractivity contribution is 9.11. The molecule has 0 radical (unpaired) electrons. The molecule has 0 fully saturated rings. The normalized spacial score (nSPS) is 25.1. The summed E-state index contributed by atoms with van der Waals surface area (Å²) in [4.78, 5) is 0. The van der Waals surface area contributed by atoms with Gasteiger partial charge >= 0.3 is 0 Å². The van der Waals surface area contributed by atoms with Gasteiger partial charge in [-0.15, -0.1) is 0 Å². The van der Waals surface area contributed by atoms with Crippen LogP contribution in [-0.4, -0.2) is 0 Å². The van der Waals surface area contributed by atoms with Gasteiger partial charge in [0.2, 0.25) is 0 Å². The molecule has 0 heterocycles. The Morgan fingerprint density at radius 1 is 1.38 bits per heavy atom. The molecule has 1 aliphatic carbocycles. The molecule has 1 aliphatic rings. The molecule has 1 nitrogen and oxygen atoms in total. The number of hydrogen-bond acceptors (Lipinski definition) is 1. The van der Waals surface area contributed by atoms with Crippen molar-refractivity contribution in [2.75, 3.05) is 0 Å². The summed E-state index contributed by atoms with van der Waals surface area (Å²) >= 11 is 7.37. The van der Waals surface area contributed by atoms with Crippen LogP contribution in [0.15, 0.2) is 15.0 Å². The highest BCUT2D eigenvalue weighted by Crippen LogP contribution is 2.40. The molecule has 0 amide bonds. The monoisotopic (exact) mass is 345 g/mol. The summed E-state index contributed by atoms with van der Waals surface area (Å²) in [5.74, 6) is 0.710. The van der Waals surface area contributed by atoms with Gasteiger partial charge in [-0.05, 0) is 54.9 Å². The Bertz CT molecular complexity index is 415. The number of aryl methyl sites for hydroxylation is 1. The minimum atomic E-state index is 0.165. The van der Waals surface area contributed by atoms with Crippen LogP contribution in [-0.2, 0) is 6.42 Å². The summed E-state index contributed by atoms with van der Waals surface area (Å²) in [6, 6.07) is 2.35. The fraction of sp³-hybridized carbons (Fsp3) is 0.538. The molecule has 2 N–H and O–H groups in total. The molecule has 0 bridgehead atoms. The molecule has 16 heavy (non-hydrogen) atoms. The predicted molar refractivity (Wildman–Crippen MR) is 75.6 cm³/mol. The summed E-state index contributed by atoms with van der Waals surface area (Å²) in [6.45, 7) is 4.41. The Hall–Kier alpha value is 0.140. The van der Waals surface area contributed by atoms with Gasteiger partial charge in [-0.3, -0.25) is 0 Å². The van der Waals surface area contributed by atoms with Crippen molar-refractivity contribution in [3.8, 4) is 0 Å². The van der Waals surface area contributed by atoms with Gasteiger partial charge in [0.25, 0.3) is 0 Å². The van der Waals surface area contributed by atoms with Crippen LogP contribution < -0.4 is 5.73 Å². The van der Waals surface area contributed by atoms with Gasteiger partial charge in [-0.25, -0.2) is 0 Å². The van der Waals surface area contributed by atoms with E-state index in [2.05, 4.69) is 51.8 Å². The molecular formula is C13H17Br2N. The zero-order chi connectivity index (χ0) is 11.9. The Kier molecular flexibility index (Phi) is 3.77. The largest absolute Gasteiger partial charge is 0.324 e. The molecule has 0 spiro atoms. The number of rotatable bonds is 0. The topological polar surface area (TPSA) is 26.0 Å². The van der Waals surface area contributed by atoms with Gasteiger partial charge in [-0.2, -0.15) is 0 Å². The maximum absolute atomic E-state index is 6.32. The molecule has 0 aromatic heterocycles. The first-order valence-electron chi connectivity index (χ1n) is 5.73. The molecule has 1 aromatic rings. The second kappa shape index (κ2) is 4.79. The Morgan fingerprint density at radius 2 is 2.06 bits per heavy atom. The highest BCUT2D eigenvalue weighted by atomic mass is 79.9. The van der Waals surface area contributed by atoms with E-state index >= 15 is 0 Å². The lowest BCUT2D eigenvalue weighted by atomic mass is 9.96. The van der Waals surface area contributed by atoms with Crippen molar-refractivity contribution < 1.29 is 0 Å². The van der Waals surface area contributed by atoms with Crippen molar-refractivity contribution >= 4 is 31.9 Å². The van der Waals surface area contributed by atoms with Gasteiger partial charge < -0.3 is 5.73 Å². The first kappa shape index (κ1) is 12.6. The average Bonchev–Trinajstić information content (AvgIpc) is 2.34. The lowest BCUT2D eigenvalue weighted by molar-refractivity contribution is 0.463. The molecule has 88 valence electrons. The molecular weight excluding hydrogens is 330 g/mol. The van der Waals surface area contributed by atoms with Gasteiger partial charge in [0, 0.05) is 15.0 Å². The Balaban J connectivity index is 2.59. The number of halogens is 2. The van der Waals surface area contributed by atoms with Crippen LogP contribution in [0.1, 0.15) is 42.5 Å². The van der Waals surface area contributed by atoms with E-state index in [0.29, 0.717) is 5.92 Å². The first-order valence-corrected chi connectivity index (χ1v) is 7.32. The van der Waals surface area contributed by atoms with E-state index < -0.39 is 0 Å². The molecule has 2 unspecified atom stereocenters. The zero-order valence-electron chi connectivity index (χ0n) is 9.69. The molecule has 0 aliphatic heterocycles. The van der Waals surface area contributed by atoms with Crippen molar-refractivity contribution in [2.45, 2.75) is 39.2 Å². The molecule has 2 atom stereocenters. The lowest BCUT2D eigenvalue weighted by Gasteiger charge is -2.18. The highest BCUT2D eigenvalue weighted by Gasteiger charge is 2.24. The van der Waals surface area contributed by atoms with Crippen LogP contribution in [0.2, 0.25) is 0 Å². The lowest BCUT2D eigenvalue weighted by Crippen LogP contribution is -2.14. The molecule has 0 saturated carbocycles. The van der Waals surface area contributed by atoms with Crippen LogP contribution >= 0.6 is 31.9 Å². The van der Waals surface area contributed by atoms with Gasteiger partial charge in [0.1, 0.15) is 0 Å². The Labute approximate surface area is 114 Å². The van der Waals surface area contributed by atoms with Crippen LogP contribution in [0, 0.1) is 12.8 Å². The molecule has 3 heteroatoms. The third-order valence-electron chi connectivity index (χ3n) is 3.45. The minimum Gasteiger partial charge on any atom is -0.324 e. The third-order valence-corrected chi connectivity index (χ3v) is 5.21. The van der Waals surface area contributed by atoms with Crippen LogP contribution in [0.25, 0.3) is 0 Å². The second-order valence-electron chi connectivity index (χ2n) is 4.87. The van der Waals surface area contributed by atoms with E-state index in [9.17, 15) is 0 Å². The maximum Gasteiger partial charge on any atom is 0.0311 e. The van der Waals surface area contributed by atoms with Gasteiger partial charge in [0.15, 0.2) is 0 Å². The van der Waals surface area contributed by atoms with Crippen LogP contribution in [0.3, 0.4) is 0 Å². The SMILES string of the molecule is Cc1cc(Br)c2c(c1Br)C(N)CC(C)CC2. The van der Waals surface area contributed by atoms with Crippen molar-refractivity contribution in [3.05, 3.63) is 31.7 Å². The van der Waals surface area contributed by atoms with Crippen molar-refractivity contribution in [1.82, 2.24) is 0 Å². The van der Waals surface area contributed by atoms with Crippen molar-refractivity contribution in [1.29, 1.82) is 0 Å². The van der Waals surface area contributed by atoms with E-state index in [4.69, 9.17) is 5.73 Å². The predicted octanol–water partition coefficient (Wildman–Crippen LogP) is 4.49. The van der Waals surface area contributed by atoms with E-state index in [1.807, 2.05) is 0 Å². The summed E-state index contributed by atoms with van der Waals surface area (Å²) in [6.07, 6.45) is 3.44. The fourth-order valence-electron chi connectivity index (χ4n) is 2.51. The summed E-state index contributed by atoms with van der Waals surface area (Å²) in [5, 5.41) is 0. The second-order valence-corrected chi connectivity index (χ2v) is 6.51. The standard InChI is InChI=1S/C13H17Br2N/c1-7-3-4-9-10(14)6-8(2)13(15)12(9)11(16)5-7/h6-7,11H,3-5,16H2,1-2H3. The minimum absolute atomic E-state index is 0.165. The summed E-state index contributed by atoms with van der Waals surface area (Å²) in [7, 11) is 0. The molecule has 0 saturated heterocycles. The van der Waals surface area contributed by atoms with E-state index in [-0.39, 0.29) is 6.04 Å². The van der Waals surface area contributed by atoms with Crippen LogP contribution in [0.4, 0.5) is 0 Å². The average molecular weight is 347 g/mol. The van der Waals surface area contributed by atoms with E-state index in [1.165, 1.54) is 32.1 Å². The molecule has 2 rings (SSSR count). The Morgan fingerprint density at radius 3 is 2.75 bits per heavy atom. The van der Waals surface area contributed by atoms with Crippen molar-refractivity contribution in [2.24, 2.45) is 11.7 Å². The van der Waals surface area contributed by atoms with Gasteiger partial charge in [-0.1, -0.05) is 38.8 Å². The van der Waals surface area contributed by atoms with Crippen LogP contribution in [0.5, 0.6) is 0 Å². The third kappa shape index (κ3) is 2.22. The van der Waals surface area contributed by atoms with E-state index in [0.717, 1.165) is 12.8 Å². The summed E-state index contributed by atoms with van der Waals surface area (Å²) in [5.41, 5.74) is 10.3. The maximum atomic E-state index is 6.32. The van der Waals surface area contributed by atoms with E-state index in [1.54, 1.807) is 0 Å². The number of nitrogens with two attached hydrogens (primary N) is 1.